The van der Waals surface area contributed by atoms with E-state index >= 15 is 0 Å². The summed E-state index contributed by atoms with van der Waals surface area (Å²) in [7, 11) is 1.70. The van der Waals surface area contributed by atoms with Crippen molar-refractivity contribution in [2.75, 3.05) is 26.7 Å². The summed E-state index contributed by atoms with van der Waals surface area (Å²) in [5, 5.41) is 2.80. The average molecular weight is 307 g/mol. The molecule has 0 aromatic heterocycles. The topological polar surface area (TPSA) is 52.7 Å². The summed E-state index contributed by atoms with van der Waals surface area (Å²) >= 11 is 0. The van der Waals surface area contributed by atoms with Crippen molar-refractivity contribution < 1.29 is 9.59 Å². The van der Waals surface area contributed by atoms with Gasteiger partial charge in [-0.15, -0.1) is 0 Å². The minimum Gasteiger partial charge on any atom is -0.358 e. The van der Waals surface area contributed by atoms with E-state index in [1.165, 1.54) is 0 Å². The molecule has 2 unspecified atom stereocenters. The first-order valence-electron chi connectivity index (χ1n) is 8.88. The molecule has 3 aliphatic rings. The highest BCUT2D eigenvalue weighted by Crippen LogP contribution is 2.38. The minimum absolute atomic E-state index is 0.0729. The fraction of sp³-hybridized carbons (Fsp3) is 0.882. The van der Waals surface area contributed by atoms with Crippen LogP contribution in [0.15, 0.2) is 0 Å². The molecule has 2 aliphatic heterocycles. The molecule has 0 aromatic carbocycles. The number of likely N-dealkylation sites (tertiary alicyclic amines) is 2. The van der Waals surface area contributed by atoms with Crippen LogP contribution in [0.25, 0.3) is 0 Å². The van der Waals surface area contributed by atoms with E-state index in [-0.39, 0.29) is 23.9 Å². The summed E-state index contributed by atoms with van der Waals surface area (Å²) in [6, 6.07) is -0.165. The maximum atomic E-state index is 12.9. The second kappa shape index (κ2) is 6.57. The van der Waals surface area contributed by atoms with E-state index in [1.807, 2.05) is 4.90 Å². The van der Waals surface area contributed by atoms with Crippen molar-refractivity contribution in [3.8, 4) is 0 Å². The normalized spacial score (nSPS) is 28.6. The van der Waals surface area contributed by atoms with E-state index in [0.29, 0.717) is 5.92 Å². The smallest absolute Gasteiger partial charge is 0.239 e. The number of rotatable bonds is 4. The zero-order valence-corrected chi connectivity index (χ0v) is 13.9. The molecule has 1 N–H and O–H groups in total. The molecule has 0 radical (unpaired) electrons. The van der Waals surface area contributed by atoms with Crippen LogP contribution < -0.4 is 5.32 Å². The summed E-state index contributed by atoms with van der Waals surface area (Å²) in [6.45, 7) is 4.92. The van der Waals surface area contributed by atoms with Gasteiger partial charge < -0.3 is 10.2 Å². The van der Waals surface area contributed by atoms with Gasteiger partial charge in [0.05, 0.1) is 12.1 Å². The number of hydrogen-bond donors (Lipinski definition) is 1. The fourth-order valence-corrected chi connectivity index (χ4v) is 4.02. The van der Waals surface area contributed by atoms with Crippen molar-refractivity contribution in [1.29, 1.82) is 0 Å². The molecule has 124 valence electrons. The van der Waals surface area contributed by atoms with Crippen LogP contribution in [0.5, 0.6) is 0 Å². The van der Waals surface area contributed by atoms with Crippen LogP contribution in [-0.2, 0) is 9.59 Å². The third-order valence-corrected chi connectivity index (χ3v) is 5.62. The van der Waals surface area contributed by atoms with Gasteiger partial charge >= 0.3 is 0 Å². The first kappa shape index (κ1) is 15.8. The highest BCUT2D eigenvalue weighted by Gasteiger charge is 2.46. The van der Waals surface area contributed by atoms with Crippen LogP contribution in [0.2, 0.25) is 0 Å². The number of carbonyl (C=O) groups excluding carboxylic acids is 2. The summed E-state index contributed by atoms with van der Waals surface area (Å²) in [5.41, 5.74) is 0. The molecule has 3 rings (SSSR count). The van der Waals surface area contributed by atoms with Gasteiger partial charge in [-0.3, -0.25) is 14.5 Å². The number of nitrogens with zero attached hydrogens (tertiary/aromatic N) is 2. The molecule has 0 bridgehead atoms. The first-order chi connectivity index (χ1) is 10.6. The lowest BCUT2D eigenvalue weighted by Gasteiger charge is -2.37. The van der Waals surface area contributed by atoms with Gasteiger partial charge in [0.2, 0.25) is 11.8 Å². The predicted molar refractivity (Wildman–Crippen MR) is 85.3 cm³/mol. The predicted octanol–water partition coefficient (Wildman–Crippen LogP) is 1.23. The van der Waals surface area contributed by atoms with E-state index < -0.39 is 0 Å². The van der Waals surface area contributed by atoms with Crippen molar-refractivity contribution in [3.63, 3.8) is 0 Å². The molecule has 22 heavy (non-hydrogen) atoms. The molecule has 1 aliphatic carbocycles. The Morgan fingerprint density at radius 2 is 1.73 bits per heavy atom. The van der Waals surface area contributed by atoms with Gasteiger partial charge in [-0.1, -0.05) is 6.92 Å². The molecule has 2 atom stereocenters. The third kappa shape index (κ3) is 3.14. The van der Waals surface area contributed by atoms with Crippen LogP contribution in [0.1, 0.15) is 45.4 Å². The Hall–Kier alpha value is -1.10. The van der Waals surface area contributed by atoms with E-state index in [0.717, 1.165) is 64.1 Å². The number of piperidine rings is 1. The molecule has 2 saturated heterocycles. The highest BCUT2D eigenvalue weighted by molar-refractivity contribution is 5.86. The van der Waals surface area contributed by atoms with Crippen LogP contribution in [0.4, 0.5) is 0 Å². The van der Waals surface area contributed by atoms with Crippen molar-refractivity contribution in [2.45, 2.75) is 57.5 Å². The summed E-state index contributed by atoms with van der Waals surface area (Å²) in [4.78, 5) is 29.5. The van der Waals surface area contributed by atoms with Gasteiger partial charge in [0.25, 0.3) is 0 Å². The summed E-state index contributed by atoms with van der Waals surface area (Å²) < 4.78 is 0. The average Bonchev–Trinajstić information content (AvgIpc) is 3.24. The lowest BCUT2D eigenvalue weighted by Crippen LogP contribution is -2.55. The van der Waals surface area contributed by atoms with Gasteiger partial charge in [0, 0.05) is 20.1 Å². The van der Waals surface area contributed by atoms with Crippen LogP contribution in [0, 0.1) is 11.8 Å². The Balaban J connectivity index is 1.69. The lowest BCUT2D eigenvalue weighted by atomic mass is 9.98. The van der Waals surface area contributed by atoms with Crippen LogP contribution in [-0.4, -0.2) is 60.4 Å². The Labute approximate surface area is 133 Å². The number of carbonyl (C=O) groups is 2. The molecule has 0 spiro atoms. The van der Waals surface area contributed by atoms with Crippen molar-refractivity contribution in [1.82, 2.24) is 15.1 Å². The maximum Gasteiger partial charge on any atom is 0.239 e. The molecule has 5 nitrogen and oxygen atoms in total. The second-order valence-electron chi connectivity index (χ2n) is 7.30. The molecular formula is C17H29N3O2. The first-order valence-corrected chi connectivity index (χ1v) is 8.88. The molecule has 2 heterocycles. The lowest BCUT2D eigenvalue weighted by molar-refractivity contribution is -0.140. The maximum absolute atomic E-state index is 12.9. The van der Waals surface area contributed by atoms with Gasteiger partial charge in [0.15, 0.2) is 0 Å². The summed E-state index contributed by atoms with van der Waals surface area (Å²) in [5.74, 6) is 1.54. The Morgan fingerprint density at radius 1 is 1.05 bits per heavy atom. The Morgan fingerprint density at radius 3 is 2.32 bits per heavy atom. The Kier molecular flexibility index (Phi) is 4.71. The van der Waals surface area contributed by atoms with Crippen molar-refractivity contribution in [2.24, 2.45) is 11.8 Å². The van der Waals surface area contributed by atoms with Gasteiger partial charge in [-0.25, -0.2) is 0 Å². The Bertz CT molecular complexity index is 428. The van der Waals surface area contributed by atoms with Gasteiger partial charge in [0.1, 0.15) is 0 Å². The number of hydrogen-bond acceptors (Lipinski definition) is 3. The third-order valence-electron chi connectivity index (χ3n) is 5.62. The summed E-state index contributed by atoms with van der Waals surface area (Å²) in [6.07, 6.45) is 6.40. The molecule has 3 fully saturated rings. The molecule has 5 heteroatoms. The second-order valence-corrected chi connectivity index (χ2v) is 7.30. The van der Waals surface area contributed by atoms with Gasteiger partial charge in [-0.05, 0) is 56.9 Å². The van der Waals surface area contributed by atoms with E-state index in [4.69, 9.17) is 0 Å². The quantitative estimate of drug-likeness (QED) is 0.850. The van der Waals surface area contributed by atoms with Crippen LogP contribution >= 0.6 is 0 Å². The van der Waals surface area contributed by atoms with E-state index in [1.54, 1.807) is 7.05 Å². The fourth-order valence-electron chi connectivity index (χ4n) is 4.02. The number of nitrogens with one attached hydrogen (secondary N) is 1. The van der Waals surface area contributed by atoms with Gasteiger partial charge in [-0.2, -0.15) is 0 Å². The molecule has 2 amide bonds. The zero-order valence-electron chi connectivity index (χ0n) is 13.9. The highest BCUT2D eigenvalue weighted by atomic mass is 16.2. The zero-order chi connectivity index (χ0) is 15.7. The van der Waals surface area contributed by atoms with E-state index in [2.05, 4.69) is 17.1 Å². The van der Waals surface area contributed by atoms with Crippen molar-refractivity contribution in [3.05, 3.63) is 0 Å². The number of likely N-dealkylation sites (N-methyl/N-ethyl adjacent to an activating group) is 1. The van der Waals surface area contributed by atoms with Crippen molar-refractivity contribution >= 4 is 11.8 Å². The van der Waals surface area contributed by atoms with Crippen LogP contribution in [0.3, 0.4) is 0 Å². The van der Waals surface area contributed by atoms with E-state index in [9.17, 15) is 9.59 Å². The minimum atomic E-state index is -0.0924. The molecular weight excluding hydrogens is 278 g/mol. The number of amides is 2. The SMILES string of the molecule is CNC(=O)C(C1CC1)N1CCCC1C(=O)N1CCC(C)CC1. The standard InChI is InChI=1S/C17H29N3O2/c1-12-7-10-19(11-8-12)17(22)14-4-3-9-20(14)15(13-5-6-13)16(21)18-2/h12-15H,3-11H2,1-2H3,(H,18,21). The molecule has 0 aromatic rings. The molecule has 1 saturated carbocycles. The monoisotopic (exact) mass is 307 g/mol. The largest absolute Gasteiger partial charge is 0.358 e.